The molecule has 2 N–H and O–H groups in total. The second kappa shape index (κ2) is 11.6. The maximum atomic E-state index is 13.6. The highest BCUT2D eigenvalue weighted by Gasteiger charge is 2.38. The monoisotopic (exact) mass is 514 g/mol. The Morgan fingerprint density at radius 3 is 2.47 bits per heavy atom. The molecule has 1 fully saturated rings. The molecule has 0 atom stereocenters. The van der Waals surface area contributed by atoms with Gasteiger partial charge in [0.1, 0.15) is 23.9 Å². The molecule has 198 valence electrons. The number of benzene rings is 1. The molecule has 0 bridgehead atoms. The van der Waals surface area contributed by atoms with Gasteiger partial charge < -0.3 is 20.3 Å². The number of ether oxygens (including phenoxy) is 1. The molecular formula is C29H34N6O3. The van der Waals surface area contributed by atoms with Crippen LogP contribution in [0.3, 0.4) is 0 Å². The summed E-state index contributed by atoms with van der Waals surface area (Å²) in [6, 6.07) is 11.5. The molecule has 38 heavy (non-hydrogen) atoms. The number of hydrogen-bond donors (Lipinski definition) is 1. The van der Waals surface area contributed by atoms with Crippen LogP contribution in [0.2, 0.25) is 0 Å². The van der Waals surface area contributed by atoms with E-state index in [9.17, 15) is 9.59 Å². The number of nitrogen functional groups attached to an aromatic ring is 1. The van der Waals surface area contributed by atoms with E-state index in [1.807, 2.05) is 28.0 Å². The Kier molecular flexibility index (Phi) is 7.81. The number of rotatable bonds is 2. The largest absolute Gasteiger partial charge is 0.491 e. The zero-order valence-corrected chi connectivity index (χ0v) is 21.6. The van der Waals surface area contributed by atoms with Gasteiger partial charge in [-0.25, -0.2) is 9.97 Å². The first-order valence-corrected chi connectivity index (χ1v) is 13.3. The second-order valence-corrected chi connectivity index (χ2v) is 10.2. The quantitative estimate of drug-likeness (QED) is 0.555. The lowest BCUT2D eigenvalue weighted by Gasteiger charge is -2.45. The molecule has 2 aliphatic rings. The summed E-state index contributed by atoms with van der Waals surface area (Å²) in [5, 5.41) is 0. The van der Waals surface area contributed by atoms with E-state index in [4.69, 9.17) is 10.5 Å². The Balaban J connectivity index is 1.35. The van der Waals surface area contributed by atoms with Gasteiger partial charge >= 0.3 is 0 Å². The third-order valence-electron chi connectivity index (χ3n) is 7.74. The Bertz CT molecular complexity index is 1240. The Morgan fingerprint density at radius 2 is 1.71 bits per heavy atom. The SMILES string of the molecule is Nc1ccc(C(=O)N2CCC3(CCCCc4ccccc4OCCN(C(=O)c4cnccn4)C3)CC2)cn1. The van der Waals surface area contributed by atoms with Crippen molar-refractivity contribution in [2.24, 2.45) is 5.41 Å². The first kappa shape index (κ1) is 25.6. The summed E-state index contributed by atoms with van der Waals surface area (Å²) < 4.78 is 6.16. The number of likely N-dealkylation sites (tertiary alicyclic amines) is 1. The van der Waals surface area contributed by atoms with Crippen LogP contribution in [0.25, 0.3) is 0 Å². The zero-order valence-electron chi connectivity index (χ0n) is 21.6. The lowest BCUT2D eigenvalue weighted by molar-refractivity contribution is 0.0325. The fourth-order valence-electron chi connectivity index (χ4n) is 5.55. The second-order valence-electron chi connectivity index (χ2n) is 10.2. The van der Waals surface area contributed by atoms with Crippen LogP contribution in [0.4, 0.5) is 5.82 Å². The van der Waals surface area contributed by atoms with Crippen molar-refractivity contribution < 1.29 is 14.3 Å². The maximum absolute atomic E-state index is 13.6. The number of piperidine rings is 1. The van der Waals surface area contributed by atoms with Crippen LogP contribution in [0.1, 0.15) is 58.5 Å². The standard InChI is InChI=1S/C29H34N6O3/c30-26-9-8-23(19-33-26)27(36)34-15-11-29(12-16-34)10-4-3-6-22-5-1-2-7-25(22)38-18-17-35(21-29)28(37)24-20-31-13-14-32-24/h1-2,5,7-9,13-14,19-20H,3-4,6,10-12,15-18,21H2,(H2,30,33). The highest BCUT2D eigenvalue weighted by atomic mass is 16.5. The van der Waals surface area contributed by atoms with Crippen molar-refractivity contribution in [3.63, 3.8) is 0 Å². The fraction of sp³-hybridized carbons (Fsp3) is 0.414. The van der Waals surface area contributed by atoms with E-state index in [0.717, 1.165) is 44.3 Å². The summed E-state index contributed by atoms with van der Waals surface area (Å²) in [5.74, 6) is 1.11. The molecule has 0 radical (unpaired) electrons. The molecule has 2 amide bonds. The van der Waals surface area contributed by atoms with Crippen LogP contribution in [0.15, 0.2) is 61.2 Å². The Hall–Kier alpha value is -4.01. The summed E-state index contributed by atoms with van der Waals surface area (Å²) in [4.78, 5) is 42.9. The lowest BCUT2D eigenvalue weighted by atomic mass is 9.73. The van der Waals surface area contributed by atoms with E-state index in [2.05, 4.69) is 21.0 Å². The predicted molar refractivity (Wildman–Crippen MR) is 144 cm³/mol. The Morgan fingerprint density at radius 1 is 0.868 bits per heavy atom. The van der Waals surface area contributed by atoms with E-state index in [1.54, 1.807) is 24.5 Å². The van der Waals surface area contributed by atoms with Gasteiger partial charge in [-0.2, -0.15) is 0 Å². The number of anilines is 1. The zero-order chi connectivity index (χ0) is 26.4. The van der Waals surface area contributed by atoms with Crippen LogP contribution in [0, 0.1) is 5.41 Å². The van der Waals surface area contributed by atoms with Crippen LogP contribution < -0.4 is 10.5 Å². The average Bonchev–Trinajstić information content (AvgIpc) is 2.95. The highest BCUT2D eigenvalue weighted by Crippen LogP contribution is 2.39. The first-order chi connectivity index (χ1) is 18.5. The molecule has 1 aromatic carbocycles. The number of amides is 2. The lowest BCUT2D eigenvalue weighted by Crippen LogP contribution is -2.50. The van der Waals surface area contributed by atoms with Crippen molar-refractivity contribution in [2.75, 3.05) is 38.5 Å². The van der Waals surface area contributed by atoms with Crippen LogP contribution >= 0.6 is 0 Å². The number of fused-ring (bicyclic) bond motifs is 1. The average molecular weight is 515 g/mol. The topological polar surface area (TPSA) is 115 Å². The third kappa shape index (κ3) is 5.93. The molecule has 1 spiro atoms. The predicted octanol–water partition coefficient (Wildman–Crippen LogP) is 3.62. The van der Waals surface area contributed by atoms with Gasteiger partial charge in [-0.3, -0.25) is 14.6 Å². The van der Waals surface area contributed by atoms with Crippen molar-refractivity contribution in [3.05, 3.63) is 78.0 Å². The van der Waals surface area contributed by atoms with Crippen molar-refractivity contribution in [1.82, 2.24) is 24.8 Å². The molecule has 9 heteroatoms. The number of para-hydroxylation sites is 1. The molecule has 3 aromatic rings. The van der Waals surface area contributed by atoms with Gasteiger partial charge in [-0.05, 0) is 61.3 Å². The molecule has 0 aliphatic carbocycles. The van der Waals surface area contributed by atoms with Gasteiger partial charge in [0.2, 0.25) is 0 Å². The van der Waals surface area contributed by atoms with Crippen molar-refractivity contribution >= 4 is 17.6 Å². The number of carbonyl (C=O) groups is 2. The van der Waals surface area contributed by atoms with Gasteiger partial charge in [-0.15, -0.1) is 0 Å². The van der Waals surface area contributed by atoms with E-state index in [0.29, 0.717) is 49.9 Å². The Labute approximate surface area is 223 Å². The van der Waals surface area contributed by atoms with Gasteiger partial charge in [0.15, 0.2) is 0 Å². The summed E-state index contributed by atoms with van der Waals surface area (Å²) >= 11 is 0. The number of carbonyl (C=O) groups excluding carboxylic acids is 2. The summed E-state index contributed by atoms with van der Waals surface area (Å²) in [6.45, 7) is 2.71. The molecular weight excluding hydrogens is 480 g/mol. The van der Waals surface area contributed by atoms with Crippen molar-refractivity contribution in [1.29, 1.82) is 0 Å². The molecule has 1 saturated heterocycles. The molecule has 0 unspecified atom stereocenters. The molecule has 5 rings (SSSR count). The first-order valence-electron chi connectivity index (χ1n) is 13.3. The van der Waals surface area contributed by atoms with Gasteiger partial charge in [-0.1, -0.05) is 24.6 Å². The molecule has 0 saturated carbocycles. The number of aryl methyl sites for hydroxylation is 1. The van der Waals surface area contributed by atoms with E-state index in [-0.39, 0.29) is 17.2 Å². The summed E-state index contributed by atoms with van der Waals surface area (Å²) in [6.07, 6.45) is 11.8. The summed E-state index contributed by atoms with van der Waals surface area (Å²) in [7, 11) is 0. The van der Waals surface area contributed by atoms with Crippen molar-refractivity contribution in [3.8, 4) is 5.75 Å². The van der Waals surface area contributed by atoms with E-state index >= 15 is 0 Å². The number of nitrogens with zero attached hydrogens (tertiary/aromatic N) is 5. The van der Waals surface area contributed by atoms with Crippen LogP contribution in [0.5, 0.6) is 5.75 Å². The number of nitrogens with two attached hydrogens (primary N) is 1. The van der Waals surface area contributed by atoms with E-state index < -0.39 is 0 Å². The fourth-order valence-corrected chi connectivity index (χ4v) is 5.55. The number of pyridine rings is 1. The third-order valence-corrected chi connectivity index (χ3v) is 7.74. The molecule has 2 aliphatic heterocycles. The smallest absolute Gasteiger partial charge is 0.274 e. The minimum absolute atomic E-state index is 0.0296. The van der Waals surface area contributed by atoms with Gasteiger partial charge in [0.25, 0.3) is 11.8 Å². The molecule has 4 heterocycles. The molecule has 9 nitrogen and oxygen atoms in total. The van der Waals surface area contributed by atoms with Crippen LogP contribution in [-0.4, -0.2) is 69.4 Å². The maximum Gasteiger partial charge on any atom is 0.274 e. The number of hydrogen-bond acceptors (Lipinski definition) is 7. The minimum Gasteiger partial charge on any atom is -0.491 e. The minimum atomic E-state index is -0.141. The van der Waals surface area contributed by atoms with E-state index in [1.165, 1.54) is 18.0 Å². The summed E-state index contributed by atoms with van der Waals surface area (Å²) in [5.41, 5.74) is 7.68. The van der Waals surface area contributed by atoms with Crippen molar-refractivity contribution in [2.45, 2.75) is 38.5 Å². The van der Waals surface area contributed by atoms with Gasteiger partial charge in [0.05, 0.1) is 18.3 Å². The molecule has 2 aromatic heterocycles. The normalized spacial score (nSPS) is 18.0. The highest BCUT2D eigenvalue weighted by molar-refractivity contribution is 5.94. The van der Waals surface area contributed by atoms with Crippen LogP contribution in [-0.2, 0) is 6.42 Å². The van der Waals surface area contributed by atoms with Gasteiger partial charge in [0, 0.05) is 38.2 Å². The number of aromatic nitrogens is 3.